The van der Waals surface area contributed by atoms with Crippen LogP contribution >= 0.6 is 11.6 Å². The van der Waals surface area contributed by atoms with Crippen molar-refractivity contribution >= 4 is 17.5 Å². The molecule has 0 fully saturated rings. The van der Waals surface area contributed by atoms with Crippen molar-refractivity contribution < 1.29 is 9.90 Å². The molecule has 1 aromatic rings. The topological polar surface area (TPSA) is 52.6 Å². The zero-order valence-corrected chi connectivity index (χ0v) is 12.5. The van der Waals surface area contributed by atoms with Crippen LogP contribution < -0.4 is 5.32 Å². The van der Waals surface area contributed by atoms with E-state index in [4.69, 9.17) is 11.6 Å². The van der Waals surface area contributed by atoms with E-state index < -0.39 is 0 Å². The molecule has 2 N–H and O–H groups in total. The van der Waals surface area contributed by atoms with Crippen LogP contribution in [0.1, 0.15) is 32.4 Å². The Morgan fingerprint density at radius 3 is 2.63 bits per heavy atom. The highest BCUT2D eigenvalue weighted by Gasteiger charge is 2.18. The number of carbonyl (C=O) groups is 1. The molecule has 1 aromatic carbocycles. The van der Waals surface area contributed by atoms with Gasteiger partial charge in [0.15, 0.2) is 0 Å². The van der Waals surface area contributed by atoms with Crippen LogP contribution in [0.25, 0.3) is 0 Å². The number of amides is 1. The highest BCUT2D eigenvalue weighted by Crippen LogP contribution is 2.29. The molecule has 0 bridgehead atoms. The number of phenols is 1. The molecule has 0 aliphatic rings. The van der Waals surface area contributed by atoms with Crippen LogP contribution in [0.15, 0.2) is 18.2 Å². The summed E-state index contributed by atoms with van der Waals surface area (Å²) in [5.74, 6) is 0.152. The molecule has 19 heavy (non-hydrogen) atoms. The second-order valence-electron chi connectivity index (χ2n) is 5.02. The predicted molar refractivity (Wildman–Crippen MR) is 77.4 cm³/mol. The van der Waals surface area contributed by atoms with Gasteiger partial charge in [0, 0.05) is 22.7 Å². The molecule has 0 saturated carbocycles. The minimum absolute atomic E-state index is 0.0362. The van der Waals surface area contributed by atoms with Gasteiger partial charge in [0.25, 0.3) is 0 Å². The summed E-state index contributed by atoms with van der Waals surface area (Å²) in [4.78, 5) is 13.6. The first kappa shape index (κ1) is 15.8. The Kier molecular flexibility index (Phi) is 5.63. The van der Waals surface area contributed by atoms with E-state index in [-0.39, 0.29) is 30.3 Å². The minimum atomic E-state index is -0.100. The molecule has 1 atom stereocenters. The van der Waals surface area contributed by atoms with Crippen molar-refractivity contribution in [3.63, 3.8) is 0 Å². The monoisotopic (exact) mass is 284 g/mol. The van der Waals surface area contributed by atoms with Crippen LogP contribution in [0.2, 0.25) is 5.02 Å². The zero-order valence-electron chi connectivity index (χ0n) is 11.8. The molecule has 0 aliphatic carbocycles. The van der Waals surface area contributed by atoms with Crippen LogP contribution in [0.5, 0.6) is 5.75 Å². The van der Waals surface area contributed by atoms with Gasteiger partial charge in [0.1, 0.15) is 5.75 Å². The van der Waals surface area contributed by atoms with Gasteiger partial charge in [0.05, 0.1) is 6.54 Å². The summed E-state index contributed by atoms with van der Waals surface area (Å²) in [6, 6.07) is 4.94. The first-order valence-corrected chi connectivity index (χ1v) is 6.67. The van der Waals surface area contributed by atoms with E-state index in [1.165, 1.54) is 0 Å². The number of likely N-dealkylation sites (N-methyl/N-ethyl adjacent to an activating group) is 1. The Hall–Kier alpha value is -1.26. The smallest absolute Gasteiger partial charge is 0.234 e. The molecule has 106 valence electrons. The molecule has 0 radical (unpaired) electrons. The van der Waals surface area contributed by atoms with Crippen LogP contribution in [0.4, 0.5) is 0 Å². The lowest BCUT2D eigenvalue weighted by Crippen LogP contribution is -2.39. The first-order chi connectivity index (χ1) is 8.81. The summed E-state index contributed by atoms with van der Waals surface area (Å²) in [7, 11) is 1.84. The van der Waals surface area contributed by atoms with Gasteiger partial charge in [-0.3, -0.25) is 9.69 Å². The van der Waals surface area contributed by atoms with E-state index in [2.05, 4.69) is 5.32 Å². The molecule has 1 unspecified atom stereocenters. The summed E-state index contributed by atoms with van der Waals surface area (Å²) in [5.41, 5.74) is 0.715. The van der Waals surface area contributed by atoms with E-state index in [0.29, 0.717) is 10.6 Å². The number of nitrogens with one attached hydrogen (secondary N) is 1. The molecular weight excluding hydrogens is 264 g/mol. The molecule has 5 heteroatoms. The summed E-state index contributed by atoms with van der Waals surface area (Å²) >= 11 is 5.93. The molecule has 0 aromatic heterocycles. The van der Waals surface area contributed by atoms with Gasteiger partial charge in [-0.1, -0.05) is 11.6 Å². The fourth-order valence-corrected chi connectivity index (χ4v) is 2.01. The predicted octanol–water partition coefficient (Wildman–Crippen LogP) is 2.56. The molecule has 0 heterocycles. The van der Waals surface area contributed by atoms with Crippen LogP contribution in [0.3, 0.4) is 0 Å². The molecule has 0 saturated heterocycles. The van der Waals surface area contributed by atoms with E-state index in [9.17, 15) is 9.90 Å². The largest absolute Gasteiger partial charge is 0.508 e. The van der Waals surface area contributed by atoms with Crippen LogP contribution in [-0.2, 0) is 4.79 Å². The lowest BCUT2D eigenvalue weighted by molar-refractivity contribution is -0.122. The Morgan fingerprint density at radius 1 is 1.42 bits per heavy atom. The van der Waals surface area contributed by atoms with Crippen LogP contribution in [-0.4, -0.2) is 35.5 Å². The van der Waals surface area contributed by atoms with E-state index >= 15 is 0 Å². The van der Waals surface area contributed by atoms with Crippen molar-refractivity contribution in [2.24, 2.45) is 0 Å². The number of nitrogens with zero attached hydrogens (tertiary/aromatic N) is 1. The number of rotatable bonds is 5. The Labute approximate surface area is 119 Å². The van der Waals surface area contributed by atoms with Crippen molar-refractivity contribution in [2.75, 3.05) is 13.6 Å². The van der Waals surface area contributed by atoms with Crippen molar-refractivity contribution in [3.05, 3.63) is 28.8 Å². The number of halogens is 1. The maximum absolute atomic E-state index is 11.7. The fraction of sp³-hybridized carbons (Fsp3) is 0.500. The maximum atomic E-state index is 11.7. The highest BCUT2D eigenvalue weighted by atomic mass is 35.5. The van der Waals surface area contributed by atoms with E-state index in [0.717, 1.165) is 0 Å². The van der Waals surface area contributed by atoms with Gasteiger partial charge in [0.2, 0.25) is 5.91 Å². The van der Waals surface area contributed by atoms with E-state index in [1.54, 1.807) is 18.2 Å². The van der Waals surface area contributed by atoms with Crippen molar-refractivity contribution in [1.82, 2.24) is 10.2 Å². The first-order valence-electron chi connectivity index (χ1n) is 6.29. The minimum Gasteiger partial charge on any atom is -0.508 e. The number of hydrogen-bond donors (Lipinski definition) is 2. The molecule has 1 amide bonds. The van der Waals surface area contributed by atoms with Crippen LogP contribution in [0, 0.1) is 0 Å². The van der Waals surface area contributed by atoms with Gasteiger partial charge < -0.3 is 10.4 Å². The van der Waals surface area contributed by atoms with E-state index in [1.807, 2.05) is 32.7 Å². The second kappa shape index (κ2) is 6.78. The molecule has 1 rings (SSSR count). The average Bonchev–Trinajstić information content (AvgIpc) is 2.30. The number of carbonyl (C=O) groups excluding carboxylic acids is 1. The molecule has 0 aliphatic heterocycles. The quantitative estimate of drug-likeness (QED) is 0.874. The Morgan fingerprint density at radius 2 is 2.05 bits per heavy atom. The lowest BCUT2D eigenvalue weighted by Gasteiger charge is -2.25. The molecular formula is C14H21ClN2O2. The van der Waals surface area contributed by atoms with Gasteiger partial charge in [-0.05, 0) is 46.0 Å². The van der Waals surface area contributed by atoms with Crippen molar-refractivity contribution in [1.29, 1.82) is 0 Å². The van der Waals surface area contributed by atoms with Gasteiger partial charge in [-0.2, -0.15) is 0 Å². The Bertz CT molecular complexity index is 449. The maximum Gasteiger partial charge on any atom is 0.234 e. The summed E-state index contributed by atoms with van der Waals surface area (Å²) in [6.07, 6.45) is 0. The number of hydrogen-bond acceptors (Lipinski definition) is 3. The lowest BCUT2D eigenvalue weighted by atomic mass is 10.1. The van der Waals surface area contributed by atoms with Crippen molar-refractivity contribution in [2.45, 2.75) is 32.9 Å². The normalized spacial score (nSPS) is 12.8. The number of aromatic hydroxyl groups is 1. The van der Waals surface area contributed by atoms with Gasteiger partial charge >= 0.3 is 0 Å². The number of benzene rings is 1. The van der Waals surface area contributed by atoms with Crippen molar-refractivity contribution in [3.8, 4) is 5.75 Å². The zero-order chi connectivity index (χ0) is 14.6. The highest BCUT2D eigenvalue weighted by molar-refractivity contribution is 6.30. The summed E-state index contributed by atoms with van der Waals surface area (Å²) in [5, 5.41) is 13.3. The fourth-order valence-electron chi connectivity index (χ4n) is 1.83. The summed E-state index contributed by atoms with van der Waals surface area (Å²) < 4.78 is 0. The third-order valence-corrected chi connectivity index (χ3v) is 3.18. The number of phenolic OH excluding ortho intramolecular Hbond substituents is 1. The Balaban J connectivity index is 2.73. The third kappa shape index (κ3) is 4.73. The summed E-state index contributed by atoms with van der Waals surface area (Å²) in [6.45, 7) is 6.04. The molecule has 0 spiro atoms. The van der Waals surface area contributed by atoms with Gasteiger partial charge in [-0.15, -0.1) is 0 Å². The molecule has 4 nitrogen and oxygen atoms in total. The average molecular weight is 285 g/mol. The second-order valence-corrected chi connectivity index (χ2v) is 5.45. The SMILES string of the molecule is CC(C)NC(=O)CN(C)C(C)c1cc(Cl)ccc1O. The standard InChI is InChI=1S/C14H21ClN2O2/c1-9(2)16-14(19)8-17(4)10(3)12-7-11(15)5-6-13(12)18/h5-7,9-10,18H,8H2,1-4H3,(H,16,19). The van der Waals surface area contributed by atoms with Gasteiger partial charge in [-0.25, -0.2) is 0 Å². The third-order valence-electron chi connectivity index (χ3n) is 2.94.